The third-order valence-electron chi connectivity index (χ3n) is 4.70. The summed E-state index contributed by atoms with van der Waals surface area (Å²) in [5.41, 5.74) is 1.98. The maximum Gasteiger partial charge on any atom is 0.338 e. The first-order valence-corrected chi connectivity index (χ1v) is 9.94. The Morgan fingerprint density at radius 1 is 1.24 bits per heavy atom. The van der Waals surface area contributed by atoms with E-state index in [-0.39, 0.29) is 19.1 Å². The second-order valence-corrected chi connectivity index (χ2v) is 7.05. The quantitative estimate of drug-likeness (QED) is 0.527. The first-order chi connectivity index (χ1) is 14.0. The molecule has 1 aromatic rings. The van der Waals surface area contributed by atoms with Gasteiger partial charge in [0, 0.05) is 18.8 Å². The summed E-state index contributed by atoms with van der Waals surface area (Å²) in [4.78, 5) is 26.3. The average Bonchev–Trinajstić information content (AvgIpc) is 2.72. The van der Waals surface area contributed by atoms with Gasteiger partial charge < -0.3 is 29.7 Å². The van der Waals surface area contributed by atoms with Crippen LogP contribution in [0.4, 0.5) is 0 Å². The molecule has 1 amide bonds. The molecule has 8 nitrogen and oxygen atoms in total. The molecule has 2 N–H and O–H groups in total. The van der Waals surface area contributed by atoms with Crippen LogP contribution in [0.25, 0.3) is 0 Å². The van der Waals surface area contributed by atoms with Crippen molar-refractivity contribution in [1.29, 1.82) is 0 Å². The van der Waals surface area contributed by atoms with E-state index >= 15 is 0 Å². The van der Waals surface area contributed by atoms with Crippen LogP contribution >= 0.6 is 12.2 Å². The monoisotopic (exact) mass is 419 g/mol. The van der Waals surface area contributed by atoms with Crippen molar-refractivity contribution in [3.8, 4) is 5.75 Å². The van der Waals surface area contributed by atoms with Crippen LogP contribution in [0.15, 0.2) is 35.5 Å². The lowest BCUT2D eigenvalue weighted by atomic mass is 9.95. The highest BCUT2D eigenvalue weighted by Crippen LogP contribution is 2.29. The van der Waals surface area contributed by atoms with Crippen molar-refractivity contribution in [2.75, 3.05) is 39.5 Å². The minimum Gasteiger partial charge on any atom is -0.484 e. The molecule has 2 aliphatic heterocycles. The van der Waals surface area contributed by atoms with Gasteiger partial charge in [0.15, 0.2) is 11.7 Å². The summed E-state index contributed by atoms with van der Waals surface area (Å²) in [6, 6.07) is 6.80. The number of hydrogen-bond donors (Lipinski definition) is 2. The zero-order chi connectivity index (χ0) is 20.8. The van der Waals surface area contributed by atoms with Gasteiger partial charge in [-0.25, -0.2) is 4.79 Å². The standard InChI is InChI=1S/C20H25N3O5S/c1-3-27-19(25)17-13(2)21-20(29)22-18(17)14-4-6-15(7-5-14)28-12-16(24)23-8-10-26-11-9-23/h4-7,18H,3,8-12H2,1-2H3,(H2,21,22,29). The van der Waals surface area contributed by atoms with Gasteiger partial charge in [0.2, 0.25) is 0 Å². The van der Waals surface area contributed by atoms with E-state index in [0.29, 0.717) is 48.4 Å². The Balaban J connectivity index is 1.67. The number of nitrogens with one attached hydrogen (secondary N) is 2. The molecule has 9 heteroatoms. The Labute approximate surface area is 175 Å². The van der Waals surface area contributed by atoms with E-state index in [9.17, 15) is 9.59 Å². The van der Waals surface area contributed by atoms with Crippen molar-refractivity contribution in [1.82, 2.24) is 15.5 Å². The van der Waals surface area contributed by atoms with Crippen LogP contribution in [-0.2, 0) is 19.1 Å². The zero-order valence-corrected chi connectivity index (χ0v) is 17.3. The topological polar surface area (TPSA) is 89.1 Å². The van der Waals surface area contributed by atoms with E-state index in [2.05, 4.69) is 10.6 Å². The number of thiocarbonyl (C=S) groups is 1. The Bertz CT molecular complexity index is 803. The van der Waals surface area contributed by atoms with Crippen molar-refractivity contribution < 1.29 is 23.8 Å². The predicted octanol–water partition coefficient (Wildman–Crippen LogP) is 1.28. The lowest BCUT2D eigenvalue weighted by Gasteiger charge is -2.30. The van der Waals surface area contributed by atoms with Crippen LogP contribution in [0, 0.1) is 0 Å². The van der Waals surface area contributed by atoms with Gasteiger partial charge in [-0.2, -0.15) is 0 Å². The molecule has 29 heavy (non-hydrogen) atoms. The molecule has 156 valence electrons. The van der Waals surface area contributed by atoms with Gasteiger partial charge in [-0.05, 0) is 43.8 Å². The van der Waals surface area contributed by atoms with Crippen LogP contribution in [0.1, 0.15) is 25.5 Å². The number of carbonyl (C=O) groups excluding carboxylic acids is 2. The number of esters is 1. The van der Waals surface area contributed by atoms with Crippen LogP contribution < -0.4 is 15.4 Å². The van der Waals surface area contributed by atoms with Crippen molar-refractivity contribution in [2.45, 2.75) is 19.9 Å². The number of amides is 1. The molecule has 1 unspecified atom stereocenters. The summed E-state index contributed by atoms with van der Waals surface area (Å²) in [6.45, 7) is 6.11. The van der Waals surface area contributed by atoms with Crippen LogP contribution in [-0.4, -0.2) is 61.4 Å². The van der Waals surface area contributed by atoms with Crippen LogP contribution in [0.5, 0.6) is 5.75 Å². The predicted molar refractivity (Wildman–Crippen MR) is 110 cm³/mol. The Morgan fingerprint density at radius 3 is 2.59 bits per heavy atom. The summed E-state index contributed by atoms with van der Waals surface area (Å²) in [5.74, 6) is 0.116. The Kier molecular flexibility index (Phi) is 7.05. The zero-order valence-electron chi connectivity index (χ0n) is 16.5. The Hall–Kier alpha value is -2.65. The molecule has 0 aromatic heterocycles. The molecular formula is C20H25N3O5S. The fourth-order valence-electron chi connectivity index (χ4n) is 3.23. The van der Waals surface area contributed by atoms with Crippen molar-refractivity contribution in [2.24, 2.45) is 0 Å². The second kappa shape index (κ2) is 9.71. The molecule has 0 bridgehead atoms. The number of hydrogen-bond acceptors (Lipinski definition) is 6. The molecule has 0 radical (unpaired) electrons. The van der Waals surface area contributed by atoms with E-state index in [4.69, 9.17) is 26.4 Å². The largest absolute Gasteiger partial charge is 0.484 e. The fourth-order valence-corrected chi connectivity index (χ4v) is 3.50. The van der Waals surface area contributed by atoms with E-state index in [1.54, 1.807) is 30.9 Å². The number of ether oxygens (including phenoxy) is 3. The van der Waals surface area contributed by atoms with Gasteiger partial charge in [-0.3, -0.25) is 4.79 Å². The second-order valence-electron chi connectivity index (χ2n) is 6.64. The fraction of sp³-hybridized carbons (Fsp3) is 0.450. The van der Waals surface area contributed by atoms with Gasteiger partial charge in [-0.1, -0.05) is 12.1 Å². The highest BCUT2D eigenvalue weighted by Gasteiger charge is 2.30. The number of nitrogens with zero attached hydrogens (tertiary/aromatic N) is 1. The lowest BCUT2D eigenvalue weighted by molar-refractivity contribution is -0.139. The first-order valence-electron chi connectivity index (χ1n) is 9.53. The molecule has 0 saturated carbocycles. The summed E-state index contributed by atoms with van der Waals surface area (Å²) < 4.78 is 16.1. The number of rotatable bonds is 6. The smallest absolute Gasteiger partial charge is 0.338 e. The number of allylic oxidation sites excluding steroid dienone is 1. The third-order valence-corrected chi connectivity index (χ3v) is 4.92. The van der Waals surface area contributed by atoms with Gasteiger partial charge in [-0.15, -0.1) is 0 Å². The van der Waals surface area contributed by atoms with Gasteiger partial charge in [0.05, 0.1) is 31.4 Å². The molecule has 1 saturated heterocycles. The van der Waals surface area contributed by atoms with E-state index < -0.39 is 12.0 Å². The Morgan fingerprint density at radius 2 is 1.93 bits per heavy atom. The highest BCUT2D eigenvalue weighted by atomic mass is 32.1. The summed E-state index contributed by atoms with van der Waals surface area (Å²) in [7, 11) is 0. The van der Waals surface area contributed by atoms with Gasteiger partial charge in [0.1, 0.15) is 5.75 Å². The number of benzene rings is 1. The molecule has 1 fully saturated rings. The molecule has 0 spiro atoms. The molecule has 0 aliphatic carbocycles. The normalized spacial score (nSPS) is 19.3. The molecule has 2 aliphatic rings. The van der Waals surface area contributed by atoms with E-state index in [1.807, 2.05) is 12.1 Å². The van der Waals surface area contributed by atoms with Crippen LogP contribution in [0.2, 0.25) is 0 Å². The van der Waals surface area contributed by atoms with Crippen molar-refractivity contribution in [3.05, 3.63) is 41.1 Å². The lowest BCUT2D eigenvalue weighted by Crippen LogP contribution is -2.45. The number of carbonyl (C=O) groups is 2. The SMILES string of the molecule is CCOC(=O)C1=C(C)NC(=S)NC1c1ccc(OCC(=O)N2CCOCC2)cc1. The minimum atomic E-state index is -0.424. The van der Waals surface area contributed by atoms with Crippen LogP contribution in [0.3, 0.4) is 0 Å². The first kappa shape index (κ1) is 21.1. The molecule has 3 rings (SSSR count). The van der Waals surface area contributed by atoms with Gasteiger partial charge in [0.25, 0.3) is 5.91 Å². The number of morpholine rings is 1. The summed E-state index contributed by atoms with van der Waals surface area (Å²) in [6.07, 6.45) is 0. The highest BCUT2D eigenvalue weighted by molar-refractivity contribution is 7.80. The summed E-state index contributed by atoms with van der Waals surface area (Å²) >= 11 is 5.24. The third kappa shape index (κ3) is 5.24. The van der Waals surface area contributed by atoms with Crippen molar-refractivity contribution >= 4 is 29.2 Å². The molecule has 1 aromatic carbocycles. The average molecular weight is 420 g/mol. The maximum absolute atomic E-state index is 12.4. The molecule has 2 heterocycles. The molecule has 1 atom stereocenters. The minimum absolute atomic E-state index is 0.0257. The maximum atomic E-state index is 12.4. The van der Waals surface area contributed by atoms with E-state index in [1.165, 1.54) is 0 Å². The van der Waals surface area contributed by atoms with E-state index in [0.717, 1.165) is 5.56 Å². The molecular weight excluding hydrogens is 394 g/mol. The summed E-state index contributed by atoms with van der Waals surface area (Å²) in [5, 5.41) is 6.52. The van der Waals surface area contributed by atoms with Gasteiger partial charge >= 0.3 is 5.97 Å². The van der Waals surface area contributed by atoms with Crippen molar-refractivity contribution in [3.63, 3.8) is 0 Å².